The van der Waals surface area contributed by atoms with Gasteiger partial charge in [-0.25, -0.2) is 8.42 Å². The second-order valence-corrected chi connectivity index (χ2v) is 15.3. The fourth-order valence-corrected chi connectivity index (χ4v) is 7.91. The molecule has 0 spiro atoms. The number of nitrogens with one attached hydrogen (secondary N) is 1. The monoisotopic (exact) mass is 725 g/mol. The van der Waals surface area contributed by atoms with Gasteiger partial charge in [0.25, 0.3) is 10.0 Å². The van der Waals surface area contributed by atoms with E-state index in [2.05, 4.69) is 5.32 Å². The zero-order chi connectivity index (χ0) is 34.4. The normalized spacial score (nSPS) is 14.0. The fourth-order valence-electron chi connectivity index (χ4n) is 5.86. The van der Waals surface area contributed by atoms with Crippen LogP contribution in [-0.4, -0.2) is 43.8 Å². The van der Waals surface area contributed by atoms with E-state index < -0.39 is 28.5 Å². The molecule has 0 aromatic heterocycles. The van der Waals surface area contributed by atoms with Crippen LogP contribution in [0, 0.1) is 13.8 Å². The highest BCUT2D eigenvalue weighted by Gasteiger charge is 2.36. The average Bonchev–Trinajstić information content (AvgIpc) is 3.57. The van der Waals surface area contributed by atoms with Crippen molar-refractivity contribution in [2.45, 2.75) is 69.5 Å². The Morgan fingerprint density at radius 2 is 1.54 bits per heavy atom. The van der Waals surface area contributed by atoms with Gasteiger partial charge in [0.05, 0.1) is 10.6 Å². The first-order chi connectivity index (χ1) is 22.9. The van der Waals surface area contributed by atoms with E-state index in [9.17, 15) is 18.0 Å². The van der Waals surface area contributed by atoms with E-state index >= 15 is 0 Å². The van der Waals surface area contributed by atoms with Crippen LogP contribution in [0.3, 0.4) is 0 Å². The van der Waals surface area contributed by atoms with Crippen LogP contribution in [0.4, 0.5) is 5.69 Å². The Morgan fingerprint density at radius 3 is 2.19 bits per heavy atom. The SMILES string of the molecule is Cc1ccc(S(=O)(=O)N(CC(=O)N(Cc2ccc(Cl)cc2Cl)[C@H](Cc2ccccc2)C(=O)NC2CCCC2)c2ccc(C)c(Cl)c2)cc1. The van der Waals surface area contributed by atoms with Crippen LogP contribution in [0.2, 0.25) is 15.1 Å². The minimum absolute atomic E-state index is 0.0000379. The Labute approximate surface area is 297 Å². The third-order valence-electron chi connectivity index (χ3n) is 8.66. The van der Waals surface area contributed by atoms with Crippen molar-refractivity contribution in [2.24, 2.45) is 0 Å². The van der Waals surface area contributed by atoms with E-state index in [1.54, 1.807) is 42.5 Å². The zero-order valence-corrected chi connectivity index (χ0v) is 29.9. The number of sulfonamides is 1. The summed E-state index contributed by atoms with van der Waals surface area (Å²) in [6.07, 6.45) is 3.96. The lowest BCUT2D eigenvalue weighted by molar-refractivity contribution is -0.140. The number of anilines is 1. The largest absolute Gasteiger partial charge is 0.352 e. The molecule has 1 aliphatic carbocycles. The Balaban J connectivity index is 1.59. The topological polar surface area (TPSA) is 86.8 Å². The molecule has 0 aliphatic heterocycles. The van der Waals surface area contributed by atoms with E-state index in [1.165, 1.54) is 23.1 Å². The van der Waals surface area contributed by atoms with E-state index in [0.717, 1.165) is 46.7 Å². The molecule has 0 unspecified atom stereocenters. The van der Waals surface area contributed by atoms with Gasteiger partial charge in [0.2, 0.25) is 11.8 Å². The molecule has 7 nitrogen and oxygen atoms in total. The molecule has 1 N–H and O–H groups in total. The van der Waals surface area contributed by atoms with Crippen LogP contribution in [0.1, 0.15) is 47.9 Å². The summed E-state index contributed by atoms with van der Waals surface area (Å²) in [4.78, 5) is 30.3. The number of hydrogen-bond donors (Lipinski definition) is 1. The Bertz CT molecular complexity index is 1860. The third kappa shape index (κ3) is 8.72. The molecule has 5 rings (SSSR count). The Morgan fingerprint density at radius 1 is 0.854 bits per heavy atom. The van der Waals surface area contributed by atoms with Gasteiger partial charge in [-0.15, -0.1) is 0 Å². The predicted molar refractivity (Wildman–Crippen MR) is 193 cm³/mol. The minimum atomic E-state index is -4.26. The zero-order valence-electron chi connectivity index (χ0n) is 26.8. The van der Waals surface area contributed by atoms with E-state index in [1.807, 2.05) is 44.2 Å². The van der Waals surface area contributed by atoms with Crippen molar-refractivity contribution in [3.05, 3.63) is 128 Å². The number of rotatable bonds is 12. The standard InChI is InChI=1S/C37H38Cl3N3O4S/c1-25-12-18-32(19-13-25)48(46,47)43(31-17-14-26(2)33(39)22-31)24-36(44)42(23-28-15-16-29(38)21-34(28)40)35(20-27-8-4-3-5-9-27)37(45)41-30-10-6-7-11-30/h3-5,8-9,12-19,21-22,30,35H,6-7,10-11,20,23-24H2,1-2H3,(H,41,45)/t35-/m1/s1. The van der Waals surface area contributed by atoms with Gasteiger partial charge < -0.3 is 10.2 Å². The molecule has 0 bridgehead atoms. The first-order valence-corrected chi connectivity index (χ1v) is 18.4. The van der Waals surface area contributed by atoms with Crippen molar-refractivity contribution in [3.8, 4) is 0 Å². The lowest BCUT2D eigenvalue weighted by Crippen LogP contribution is -2.54. The summed E-state index contributed by atoms with van der Waals surface area (Å²) in [6.45, 7) is 3.02. The minimum Gasteiger partial charge on any atom is -0.352 e. The van der Waals surface area contributed by atoms with Crippen molar-refractivity contribution in [3.63, 3.8) is 0 Å². The first kappa shape index (κ1) is 35.7. The fraction of sp³-hybridized carbons (Fsp3) is 0.297. The maximum Gasteiger partial charge on any atom is 0.264 e. The molecule has 252 valence electrons. The molecular formula is C37H38Cl3N3O4S. The van der Waals surface area contributed by atoms with E-state index in [-0.39, 0.29) is 35.5 Å². The molecule has 4 aromatic rings. The molecule has 1 saturated carbocycles. The highest BCUT2D eigenvalue weighted by molar-refractivity contribution is 7.92. The quantitative estimate of drug-likeness (QED) is 0.160. The lowest BCUT2D eigenvalue weighted by Gasteiger charge is -2.34. The Kier molecular flexibility index (Phi) is 11.7. The summed E-state index contributed by atoms with van der Waals surface area (Å²) in [7, 11) is -4.26. The number of halogens is 3. The maximum atomic E-state index is 14.7. The number of aryl methyl sites for hydroxylation is 2. The summed E-state index contributed by atoms with van der Waals surface area (Å²) >= 11 is 19.3. The molecule has 0 heterocycles. The van der Waals surface area contributed by atoms with Crippen LogP contribution < -0.4 is 9.62 Å². The summed E-state index contributed by atoms with van der Waals surface area (Å²) in [5.74, 6) is -0.897. The smallest absolute Gasteiger partial charge is 0.264 e. The number of amides is 2. The van der Waals surface area contributed by atoms with E-state index in [0.29, 0.717) is 20.6 Å². The van der Waals surface area contributed by atoms with Crippen molar-refractivity contribution in [1.29, 1.82) is 0 Å². The molecule has 1 fully saturated rings. The first-order valence-electron chi connectivity index (χ1n) is 15.9. The lowest BCUT2D eigenvalue weighted by atomic mass is 10.0. The number of hydrogen-bond acceptors (Lipinski definition) is 4. The maximum absolute atomic E-state index is 14.7. The predicted octanol–water partition coefficient (Wildman–Crippen LogP) is 8.16. The number of carbonyl (C=O) groups is 2. The van der Waals surface area contributed by atoms with Gasteiger partial charge in [0, 0.05) is 34.1 Å². The van der Waals surface area contributed by atoms with Gasteiger partial charge in [-0.2, -0.15) is 0 Å². The molecule has 1 aliphatic rings. The van der Waals surface area contributed by atoms with Crippen LogP contribution >= 0.6 is 34.8 Å². The van der Waals surface area contributed by atoms with Crippen molar-refractivity contribution in [1.82, 2.24) is 10.2 Å². The summed E-state index contributed by atoms with van der Waals surface area (Å²) in [6, 6.07) is 24.7. The highest BCUT2D eigenvalue weighted by atomic mass is 35.5. The second kappa shape index (κ2) is 15.8. The van der Waals surface area contributed by atoms with Gasteiger partial charge in [0.1, 0.15) is 12.6 Å². The third-order valence-corrected chi connectivity index (χ3v) is 11.4. The molecule has 1 atom stereocenters. The van der Waals surface area contributed by atoms with E-state index in [4.69, 9.17) is 34.8 Å². The van der Waals surface area contributed by atoms with Crippen molar-refractivity contribution in [2.75, 3.05) is 10.8 Å². The van der Waals surface area contributed by atoms with Gasteiger partial charge in [-0.05, 0) is 79.8 Å². The number of benzene rings is 4. The average molecular weight is 727 g/mol. The van der Waals surface area contributed by atoms with Gasteiger partial charge in [-0.1, -0.05) is 108 Å². The molecule has 0 radical (unpaired) electrons. The van der Waals surface area contributed by atoms with Crippen LogP contribution in [0.15, 0.2) is 95.9 Å². The summed E-state index contributed by atoms with van der Waals surface area (Å²) in [5, 5.41) is 4.27. The molecule has 11 heteroatoms. The van der Waals surface area contributed by atoms with Gasteiger partial charge in [-0.3, -0.25) is 13.9 Å². The second-order valence-electron chi connectivity index (χ2n) is 12.2. The Hall–Kier alpha value is -3.56. The molecule has 48 heavy (non-hydrogen) atoms. The number of nitrogens with zero attached hydrogens (tertiary/aromatic N) is 2. The molecule has 4 aromatic carbocycles. The molecule has 2 amide bonds. The van der Waals surface area contributed by atoms with Gasteiger partial charge in [0.15, 0.2) is 0 Å². The highest BCUT2D eigenvalue weighted by Crippen LogP contribution is 2.30. The summed E-state index contributed by atoms with van der Waals surface area (Å²) in [5.41, 5.74) is 3.27. The summed E-state index contributed by atoms with van der Waals surface area (Å²) < 4.78 is 29.6. The van der Waals surface area contributed by atoms with Crippen LogP contribution in [0.25, 0.3) is 0 Å². The molecular weight excluding hydrogens is 689 g/mol. The van der Waals surface area contributed by atoms with Crippen LogP contribution in [0.5, 0.6) is 0 Å². The molecule has 0 saturated heterocycles. The van der Waals surface area contributed by atoms with Crippen LogP contribution in [-0.2, 0) is 32.6 Å². The number of carbonyl (C=O) groups excluding carboxylic acids is 2. The van der Waals surface area contributed by atoms with Crippen molar-refractivity contribution >= 4 is 62.3 Å². The van der Waals surface area contributed by atoms with Crippen molar-refractivity contribution < 1.29 is 18.0 Å². The van der Waals surface area contributed by atoms with Gasteiger partial charge >= 0.3 is 0 Å².